The minimum absolute atomic E-state index is 0.291. The molecule has 3 aliphatic heterocycles. The van der Waals surface area contributed by atoms with Gasteiger partial charge in [-0.2, -0.15) is 0 Å². The molecule has 1 aliphatic carbocycles. The summed E-state index contributed by atoms with van der Waals surface area (Å²) in [6.07, 6.45) is 1.14. The van der Waals surface area contributed by atoms with Gasteiger partial charge in [-0.15, -0.1) is 0 Å². The summed E-state index contributed by atoms with van der Waals surface area (Å²) >= 11 is 0. The molecule has 1 fully saturated rings. The molecular formula is C16H17NO4. The predicted octanol–water partition coefficient (Wildman–Crippen LogP) is 1.00. The van der Waals surface area contributed by atoms with Crippen LogP contribution in [0.2, 0.25) is 0 Å². The number of rotatable bonds is 0. The molecule has 4 aliphatic rings. The van der Waals surface area contributed by atoms with Crippen LogP contribution in [0.4, 0.5) is 5.69 Å². The van der Waals surface area contributed by atoms with Gasteiger partial charge in [-0.3, -0.25) is 0 Å². The van der Waals surface area contributed by atoms with Crippen molar-refractivity contribution in [3.63, 3.8) is 0 Å². The molecular weight excluding hydrogens is 270 g/mol. The van der Waals surface area contributed by atoms with Crippen molar-refractivity contribution in [2.24, 2.45) is 5.92 Å². The average molecular weight is 287 g/mol. The Morgan fingerprint density at radius 3 is 2.76 bits per heavy atom. The molecule has 5 nitrogen and oxygen atoms in total. The van der Waals surface area contributed by atoms with Crippen molar-refractivity contribution < 1.29 is 19.7 Å². The number of nitrogens with zero attached hydrogens (tertiary/aromatic N) is 1. The van der Waals surface area contributed by atoms with Crippen molar-refractivity contribution >= 4 is 5.69 Å². The summed E-state index contributed by atoms with van der Waals surface area (Å²) in [5.74, 6) is 2.26. The first-order chi connectivity index (χ1) is 10.2. The summed E-state index contributed by atoms with van der Waals surface area (Å²) in [6.45, 7) is 2.14. The monoisotopic (exact) mass is 287 g/mol. The van der Waals surface area contributed by atoms with Crippen LogP contribution in [0.25, 0.3) is 0 Å². The molecule has 0 aromatic heterocycles. The van der Waals surface area contributed by atoms with E-state index in [1.54, 1.807) is 0 Å². The Balaban J connectivity index is 1.63. The third-order valence-corrected chi connectivity index (χ3v) is 5.24. The Morgan fingerprint density at radius 2 is 1.90 bits per heavy atom. The number of anilines is 1. The van der Waals surface area contributed by atoms with Crippen molar-refractivity contribution in [1.82, 2.24) is 0 Å². The lowest BCUT2D eigenvalue weighted by Gasteiger charge is -2.39. The highest BCUT2D eigenvalue weighted by molar-refractivity contribution is 5.70. The molecule has 0 unspecified atom stereocenters. The van der Waals surface area contributed by atoms with Crippen molar-refractivity contribution in [3.8, 4) is 11.5 Å². The number of hydrogen-bond donors (Lipinski definition) is 2. The van der Waals surface area contributed by atoms with Gasteiger partial charge < -0.3 is 24.6 Å². The zero-order chi connectivity index (χ0) is 14.1. The molecule has 2 N–H and O–H groups in total. The van der Waals surface area contributed by atoms with Crippen LogP contribution in [0.15, 0.2) is 23.8 Å². The number of hydrogen-bond acceptors (Lipinski definition) is 5. The van der Waals surface area contributed by atoms with Crippen LogP contribution < -0.4 is 14.4 Å². The fraction of sp³-hybridized carbons (Fsp3) is 0.500. The van der Waals surface area contributed by atoms with Gasteiger partial charge in [-0.25, -0.2) is 0 Å². The first kappa shape index (κ1) is 11.9. The van der Waals surface area contributed by atoms with E-state index in [0.717, 1.165) is 24.6 Å². The molecule has 21 heavy (non-hydrogen) atoms. The maximum Gasteiger partial charge on any atom is 0.231 e. The number of piperidine rings is 1. The highest BCUT2D eigenvalue weighted by Crippen LogP contribution is 2.52. The molecule has 5 rings (SSSR count). The lowest BCUT2D eigenvalue weighted by Crippen LogP contribution is -2.42. The molecule has 110 valence electrons. The van der Waals surface area contributed by atoms with E-state index in [9.17, 15) is 10.2 Å². The quantitative estimate of drug-likeness (QED) is 0.697. The molecule has 1 aromatic carbocycles. The molecule has 3 heterocycles. The average Bonchev–Trinajstić information content (AvgIpc) is 3.03. The minimum Gasteiger partial charge on any atom is -0.454 e. The molecule has 4 atom stereocenters. The lowest BCUT2D eigenvalue weighted by atomic mass is 9.75. The summed E-state index contributed by atoms with van der Waals surface area (Å²) in [5.41, 5.74) is 3.75. The van der Waals surface area contributed by atoms with E-state index in [4.69, 9.17) is 9.47 Å². The zero-order valence-electron chi connectivity index (χ0n) is 11.5. The number of aliphatic hydroxyl groups excluding tert-OH is 2. The fourth-order valence-electron chi connectivity index (χ4n) is 4.23. The second-order valence-electron chi connectivity index (χ2n) is 6.38. The Bertz CT molecular complexity index is 656. The molecule has 2 bridgehead atoms. The van der Waals surface area contributed by atoms with Crippen molar-refractivity contribution in [1.29, 1.82) is 0 Å². The summed E-state index contributed by atoms with van der Waals surface area (Å²) < 4.78 is 11.0. The third-order valence-electron chi connectivity index (χ3n) is 5.24. The SMILES string of the molecule is O[C@H]1C=C2[C@H](C[C@@H]1O)CN1C[C@H]2c2cc3c(cc21)OCO3. The van der Waals surface area contributed by atoms with E-state index in [0.29, 0.717) is 25.0 Å². The highest BCUT2D eigenvalue weighted by Gasteiger charge is 2.44. The van der Waals surface area contributed by atoms with E-state index in [1.807, 2.05) is 6.08 Å². The molecule has 0 spiro atoms. The van der Waals surface area contributed by atoms with Crippen molar-refractivity contribution in [3.05, 3.63) is 29.3 Å². The van der Waals surface area contributed by atoms with Gasteiger partial charge >= 0.3 is 0 Å². The number of fused-ring (bicyclic) bond motifs is 8. The van der Waals surface area contributed by atoms with Crippen molar-refractivity contribution in [2.45, 2.75) is 24.5 Å². The van der Waals surface area contributed by atoms with E-state index >= 15 is 0 Å². The molecule has 0 saturated carbocycles. The first-order valence-corrected chi connectivity index (χ1v) is 7.47. The standard InChI is InChI=1S/C16H17NO4/c18-13-1-8-5-17-6-11(9(8)2-14(13)19)10-3-15-16(4-12(10)17)21-7-20-15/h2-4,8,11,13-14,18-19H,1,5-7H2/t8-,11-,13+,14+/m1/s1. The Morgan fingerprint density at radius 1 is 1.10 bits per heavy atom. The van der Waals surface area contributed by atoms with Crippen LogP contribution in [0.1, 0.15) is 17.9 Å². The third kappa shape index (κ3) is 1.53. The van der Waals surface area contributed by atoms with E-state index < -0.39 is 12.2 Å². The van der Waals surface area contributed by atoms with E-state index in [1.165, 1.54) is 16.8 Å². The van der Waals surface area contributed by atoms with Gasteiger partial charge in [0.1, 0.15) is 0 Å². The molecule has 1 saturated heterocycles. The summed E-state index contributed by atoms with van der Waals surface area (Å²) in [6, 6.07) is 4.16. The molecule has 0 radical (unpaired) electrons. The van der Waals surface area contributed by atoms with Crippen molar-refractivity contribution in [2.75, 3.05) is 24.8 Å². The van der Waals surface area contributed by atoms with Crippen LogP contribution in [0.3, 0.4) is 0 Å². The highest BCUT2D eigenvalue weighted by atomic mass is 16.7. The molecule has 1 aromatic rings. The Kier molecular flexibility index (Phi) is 2.22. The van der Waals surface area contributed by atoms with Crippen LogP contribution >= 0.6 is 0 Å². The zero-order valence-corrected chi connectivity index (χ0v) is 11.5. The summed E-state index contributed by atoms with van der Waals surface area (Å²) in [4.78, 5) is 2.37. The normalized spacial score (nSPS) is 35.3. The lowest BCUT2D eigenvalue weighted by molar-refractivity contribution is 0.0249. The van der Waals surface area contributed by atoms with Crippen LogP contribution in [-0.2, 0) is 0 Å². The number of ether oxygens (including phenoxy) is 2. The van der Waals surface area contributed by atoms with Gasteiger partial charge in [0.05, 0.1) is 12.2 Å². The van der Waals surface area contributed by atoms with Crippen LogP contribution in [0, 0.1) is 5.92 Å². The number of aliphatic hydroxyl groups is 2. The minimum atomic E-state index is -0.735. The smallest absolute Gasteiger partial charge is 0.231 e. The van der Waals surface area contributed by atoms with Gasteiger partial charge in [0.15, 0.2) is 11.5 Å². The molecule has 5 heteroatoms. The van der Waals surface area contributed by atoms with Gasteiger partial charge in [-0.05, 0) is 18.1 Å². The maximum absolute atomic E-state index is 9.96. The second kappa shape index (κ2) is 3.93. The van der Waals surface area contributed by atoms with Crippen LogP contribution in [-0.4, -0.2) is 42.3 Å². The maximum atomic E-state index is 9.96. The largest absolute Gasteiger partial charge is 0.454 e. The van der Waals surface area contributed by atoms with Gasteiger partial charge in [0.2, 0.25) is 6.79 Å². The first-order valence-electron chi connectivity index (χ1n) is 7.47. The van der Waals surface area contributed by atoms with E-state index in [-0.39, 0.29) is 0 Å². The van der Waals surface area contributed by atoms with Gasteiger partial charge in [-0.1, -0.05) is 11.6 Å². The van der Waals surface area contributed by atoms with Gasteiger partial charge in [0, 0.05) is 36.7 Å². The Hall–Kier alpha value is -1.72. The predicted molar refractivity (Wildman–Crippen MR) is 75.7 cm³/mol. The van der Waals surface area contributed by atoms with Crippen LogP contribution in [0.5, 0.6) is 11.5 Å². The fourth-order valence-corrected chi connectivity index (χ4v) is 4.23. The van der Waals surface area contributed by atoms with E-state index in [2.05, 4.69) is 17.0 Å². The summed E-state index contributed by atoms with van der Waals surface area (Å²) in [7, 11) is 0. The number of benzene rings is 1. The Labute approximate surface area is 122 Å². The molecule has 0 amide bonds. The topological polar surface area (TPSA) is 62.2 Å². The summed E-state index contributed by atoms with van der Waals surface area (Å²) in [5, 5.41) is 19.9. The second-order valence-corrected chi connectivity index (χ2v) is 6.38. The van der Waals surface area contributed by atoms with Gasteiger partial charge in [0.25, 0.3) is 0 Å².